The third kappa shape index (κ3) is 2.68. The van der Waals surface area contributed by atoms with Gasteiger partial charge in [-0.2, -0.15) is 0 Å². The number of carbonyl (C=O) groups is 1. The van der Waals surface area contributed by atoms with Gasteiger partial charge in [-0.15, -0.1) is 0 Å². The van der Waals surface area contributed by atoms with E-state index >= 15 is 0 Å². The van der Waals surface area contributed by atoms with Gasteiger partial charge < -0.3 is 10.3 Å². The number of para-hydroxylation sites is 1. The Balaban J connectivity index is 1.87. The van der Waals surface area contributed by atoms with Crippen molar-refractivity contribution in [1.29, 1.82) is 0 Å². The number of nitrogens with zero attached hydrogens (tertiary/aromatic N) is 1. The number of hydrogen-bond acceptors (Lipinski definition) is 1. The number of rotatable bonds is 4. The van der Waals surface area contributed by atoms with Crippen LogP contribution in [0.15, 0.2) is 66.7 Å². The summed E-state index contributed by atoms with van der Waals surface area (Å²) >= 11 is 0. The second-order valence-corrected chi connectivity index (χ2v) is 6.47. The molecule has 25 heavy (non-hydrogen) atoms. The second kappa shape index (κ2) is 6.10. The molecule has 1 amide bonds. The molecule has 3 nitrogen and oxygen atoms in total. The van der Waals surface area contributed by atoms with Crippen LogP contribution in [0.2, 0.25) is 0 Å². The fourth-order valence-corrected chi connectivity index (χ4v) is 3.65. The van der Waals surface area contributed by atoms with Crippen LogP contribution >= 0.6 is 0 Å². The summed E-state index contributed by atoms with van der Waals surface area (Å²) in [4.78, 5) is 11.9. The van der Waals surface area contributed by atoms with Crippen molar-refractivity contribution in [3.05, 3.63) is 83.4 Å². The predicted molar refractivity (Wildman–Crippen MR) is 103 cm³/mol. The lowest BCUT2D eigenvalue weighted by Crippen LogP contribution is -2.11. The second-order valence-electron chi connectivity index (χ2n) is 6.47. The number of hydrogen-bond donors (Lipinski definition) is 1. The van der Waals surface area contributed by atoms with Crippen LogP contribution in [0.1, 0.15) is 21.5 Å². The third-order valence-electron chi connectivity index (χ3n) is 4.77. The molecule has 0 atom stereocenters. The third-order valence-corrected chi connectivity index (χ3v) is 4.77. The largest absolute Gasteiger partial charge is 0.366 e. The lowest BCUT2D eigenvalue weighted by Gasteiger charge is -2.08. The Hall–Kier alpha value is -3.07. The van der Waals surface area contributed by atoms with Gasteiger partial charge in [0, 0.05) is 33.9 Å². The number of fused-ring (bicyclic) bond motifs is 3. The van der Waals surface area contributed by atoms with Gasteiger partial charge in [0.2, 0.25) is 5.91 Å². The number of primary amides is 1. The fourth-order valence-electron chi connectivity index (χ4n) is 3.65. The Morgan fingerprint density at radius 3 is 2.52 bits per heavy atom. The molecule has 0 aliphatic rings. The maximum Gasteiger partial charge on any atom is 0.249 e. The monoisotopic (exact) mass is 328 g/mol. The van der Waals surface area contributed by atoms with E-state index in [9.17, 15) is 4.79 Å². The van der Waals surface area contributed by atoms with E-state index in [-0.39, 0.29) is 5.91 Å². The molecule has 4 rings (SSSR count). The van der Waals surface area contributed by atoms with E-state index in [0.717, 1.165) is 34.8 Å². The van der Waals surface area contributed by atoms with Crippen LogP contribution in [0.25, 0.3) is 21.8 Å². The molecule has 4 aromatic rings. The minimum Gasteiger partial charge on any atom is -0.366 e. The van der Waals surface area contributed by atoms with Crippen molar-refractivity contribution >= 4 is 27.7 Å². The number of aromatic nitrogens is 1. The molecular formula is C22H20N2O. The first-order chi connectivity index (χ1) is 12.1. The van der Waals surface area contributed by atoms with Crippen LogP contribution in [0, 0.1) is 6.92 Å². The van der Waals surface area contributed by atoms with Crippen molar-refractivity contribution in [2.75, 3.05) is 0 Å². The summed E-state index contributed by atoms with van der Waals surface area (Å²) in [5.74, 6) is -0.382. The zero-order valence-electron chi connectivity index (χ0n) is 14.2. The van der Waals surface area contributed by atoms with Gasteiger partial charge in [0.05, 0.1) is 0 Å². The summed E-state index contributed by atoms with van der Waals surface area (Å²) in [7, 11) is 0. The van der Waals surface area contributed by atoms with Gasteiger partial charge >= 0.3 is 0 Å². The first-order valence-corrected chi connectivity index (χ1v) is 8.50. The Morgan fingerprint density at radius 1 is 0.960 bits per heavy atom. The quantitative estimate of drug-likeness (QED) is 0.591. The Bertz CT molecular complexity index is 1090. The molecule has 2 N–H and O–H groups in total. The molecular weight excluding hydrogens is 308 g/mol. The van der Waals surface area contributed by atoms with Gasteiger partial charge in [-0.05, 0) is 37.1 Å². The van der Waals surface area contributed by atoms with Crippen LogP contribution in [0.3, 0.4) is 0 Å². The smallest absolute Gasteiger partial charge is 0.249 e. The van der Waals surface area contributed by atoms with Gasteiger partial charge in [-0.3, -0.25) is 4.79 Å². The minimum absolute atomic E-state index is 0.382. The molecule has 0 fully saturated rings. The van der Waals surface area contributed by atoms with Crippen molar-refractivity contribution in [2.45, 2.75) is 19.9 Å². The van der Waals surface area contributed by atoms with Crippen molar-refractivity contribution in [3.63, 3.8) is 0 Å². The molecule has 124 valence electrons. The zero-order valence-corrected chi connectivity index (χ0v) is 14.2. The predicted octanol–water partition coefficient (Wildman–Crippen LogP) is 4.44. The van der Waals surface area contributed by atoms with Crippen molar-refractivity contribution in [3.8, 4) is 0 Å². The molecule has 3 heteroatoms. The maximum absolute atomic E-state index is 11.9. The van der Waals surface area contributed by atoms with Crippen LogP contribution in [0.5, 0.6) is 0 Å². The zero-order chi connectivity index (χ0) is 17.4. The minimum atomic E-state index is -0.382. The van der Waals surface area contributed by atoms with E-state index in [2.05, 4.69) is 54.0 Å². The highest BCUT2D eigenvalue weighted by atomic mass is 16.1. The number of benzene rings is 3. The van der Waals surface area contributed by atoms with Gasteiger partial charge in [0.25, 0.3) is 0 Å². The highest BCUT2D eigenvalue weighted by Gasteiger charge is 2.15. The molecule has 0 aliphatic carbocycles. The Kier molecular flexibility index (Phi) is 3.77. The average molecular weight is 328 g/mol. The van der Waals surface area contributed by atoms with Gasteiger partial charge in [-0.1, -0.05) is 54.1 Å². The van der Waals surface area contributed by atoms with Gasteiger partial charge in [0.1, 0.15) is 0 Å². The molecule has 0 saturated heterocycles. The van der Waals surface area contributed by atoms with Gasteiger partial charge in [-0.25, -0.2) is 0 Å². The summed E-state index contributed by atoms with van der Waals surface area (Å²) in [6.07, 6.45) is 0.941. The van der Waals surface area contributed by atoms with E-state index in [1.807, 2.05) is 24.3 Å². The first-order valence-electron chi connectivity index (χ1n) is 8.50. The van der Waals surface area contributed by atoms with Crippen LogP contribution < -0.4 is 5.73 Å². The van der Waals surface area contributed by atoms with Crippen LogP contribution in [-0.4, -0.2) is 10.5 Å². The van der Waals surface area contributed by atoms with Gasteiger partial charge in [0.15, 0.2) is 0 Å². The van der Waals surface area contributed by atoms with E-state index in [0.29, 0.717) is 5.56 Å². The highest BCUT2D eigenvalue weighted by Crippen LogP contribution is 2.31. The molecule has 0 unspecified atom stereocenters. The number of aryl methyl sites for hydroxylation is 3. The van der Waals surface area contributed by atoms with Crippen LogP contribution in [0.4, 0.5) is 0 Å². The molecule has 0 spiro atoms. The average Bonchev–Trinajstić information content (AvgIpc) is 2.94. The lowest BCUT2D eigenvalue weighted by molar-refractivity contribution is 0.100. The normalized spacial score (nSPS) is 11.2. The van der Waals surface area contributed by atoms with E-state index in [4.69, 9.17) is 5.73 Å². The highest BCUT2D eigenvalue weighted by molar-refractivity contribution is 6.17. The number of amides is 1. The number of nitrogens with two attached hydrogens (primary N) is 1. The summed E-state index contributed by atoms with van der Waals surface area (Å²) in [6, 6.07) is 22.6. The molecule has 0 saturated carbocycles. The summed E-state index contributed by atoms with van der Waals surface area (Å²) in [6.45, 7) is 2.97. The first kappa shape index (κ1) is 15.5. The SMILES string of the molecule is Cc1cccc(CCn2c3ccccc3c3c(C(N)=O)cccc32)c1. The Labute approximate surface area is 146 Å². The van der Waals surface area contributed by atoms with Crippen molar-refractivity contribution in [1.82, 2.24) is 4.57 Å². The molecule has 3 aromatic carbocycles. The fraction of sp³-hybridized carbons (Fsp3) is 0.136. The summed E-state index contributed by atoms with van der Waals surface area (Å²) in [5, 5.41) is 2.03. The van der Waals surface area contributed by atoms with Crippen molar-refractivity contribution < 1.29 is 4.79 Å². The van der Waals surface area contributed by atoms with E-state index in [1.165, 1.54) is 11.1 Å². The topological polar surface area (TPSA) is 48.0 Å². The van der Waals surface area contributed by atoms with E-state index in [1.54, 1.807) is 0 Å². The lowest BCUT2D eigenvalue weighted by atomic mass is 10.1. The molecule has 0 bridgehead atoms. The summed E-state index contributed by atoms with van der Waals surface area (Å²) in [5.41, 5.74) is 11.0. The standard InChI is InChI=1S/C22H20N2O/c1-15-6-4-7-16(14-15)12-13-24-19-10-3-2-8-17(19)21-18(22(23)25)9-5-11-20(21)24/h2-11,14H,12-13H2,1H3,(H2,23,25). The van der Waals surface area contributed by atoms with E-state index < -0.39 is 0 Å². The van der Waals surface area contributed by atoms with Crippen molar-refractivity contribution in [2.24, 2.45) is 5.73 Å². The molecule has 0 radical (unpaired) electrons. The maximum atomic E-state index is 11.9. The molecule has 1 heterocycles. The number of carbonyl (C=O) groups excluding carboxylic acids is 1. The molecule has 0 aliphatic heterocycles. The Morgan fingerprint density at radius 2 is 1.72 bits per heavy atom. The van der Waals surface area contributed by atoms with Crippen LogP contribution in [-0.2, 0) is 13.0 Å². The summed E-state index contributed by atoms with van der Waals surface area (Å²) < 4.78 is 2.29. The molecule has 1 aromatic heterocycles.